The Morgan fingerprint density at radius 3 is 2.85 bits per heavy atom. The van der Waals surface area contributed by atoms with Crippen LogP contribution in [0.3, 0.4) is 0 Å². The zero-order chi connectivity index (χ0) is 9.26. The number of allylic oxidation sites excluding steroid dienone is 1. The Bertz CT molecular complexity index is 237. The number of thioether (sulfide) groups is 1. The standard InChI is InChI=1S/C10H14O2S/c1-2-12-10(11)9-7-3-5-8(13-9)6-4-7/h3,5,7-9H,2,4,6H2,1H3. The summed E-state index contributed by atoms with van der Waals surface area (Å²) in [5.41, 5.74) is 0. The molecule has 1 fully saturated rings. The zero-order valence-corrected chi connectivity index (χ0v) is 8.55. The fraction of sp³-hybridized carbons (Fsp3) is 0.700. The van der Waals surface area contributed by atoms with Gasteiger partial charge in [0.1, 0.15) is 5.25 Å². The summed E-state index contributed by atoms with van der Waals surface area (Å²) < 4.78 is 5.04. The maximum absolute atomic E-state index is 11.5. The van der Waals surface area contributed by atoms with Crippen molar-refractivity contribution < 1.29 is 9.53 Å². The van der Waals surface area contributed by atoms with E-state index in [9.17, 15) is 4.79 Å². The molecule has 2 aliphatic heterocycles. The first-order valence-electron chi connectivity index (χ1n) is 4.81. The molecule has 72 valence electrons. The summed E-state index contributed by atoms with van der Waals surface area (Å²) in [4.78, 5) is 11.5. The van der Waals surface area contributed by atoms with Gasteiger partial charge in [0.2, 0.25) is 0 Å². The molecule has 3 heteroatoms. The van der Waals surface area contributed by atoms with Gasteiger partial charge in [-0.05, 0) is 25.7 Å². The summed E-state index contributed by atoms with van der Waals surface area (Å²) in [6, 6.07) is 0. The first-order chi connectivity index (χ1) is 6.31. The van der Waals surface area contributed by atoms with E-state index < -0.39 is 0 Å². The first kappa shape index (κ1) is 9.13. The predicted octanol–water partition coefficient (Wildman–Crippen LogP) is 2.00. The van der Waals surface area contributed by atoms with E-state index >= 15 is 0 Å². The van der Waals surface area contributed by atoms with Crippen molar-refractivity contribution in [1.82, 2.24) is 0 Å². The Morgan fingerprint density at radius 1 is 1.54 bits per heavy atom. The Morgan fingerprint density at radius 2 is 2.38 bits per heavy atom. The van der Waals surface area contributed by atoms with Crippen LogP contribution in [0, 0.1) is 5.92 Å². The molecule has 2 nitrogen and oxygen atoms in total. The van der Waals surface area contributed by atoms with Crippen molar-refractivity contribution in [3.63, 3.8) is 0 Å². The highest BCUT2D eigenvalue weighted by atomic mass is 32.2. The predicted molar refractivity (Wildman–Crippen MR) is 53.7 cm³/mol. The lowest BCUT2D eigenvalue weighted by molar-refractivity contribution is -0.143. The average molecular weight is 198 g/mol. The summed E-state index contributed by atoms with van der Waals surface area (Å²) in [6.07, 6.45) is 6.79. The van der Waals surface area contributed by atoms with Crippen LogP contribution in [-0.2, 0) is 9.53 Å². The fourth-order valence-electron chi connectivity index (χ4n) is 1.93. The third kappa shape index (κ3) is 1.75. The Hall–Kier alpha value is -0.440. The van der Waals surface area contributed by atoms with E-state index in [2.05, 4.69) is 12.2 Å². The summed E-state index contributed by atoms with van der Waals surface area (Å²) >= 11 is 1.77. The molecule has 0 spiro atoms. The molecule has 0 aromatic carbocycles. The second-order valence-electron chi connectivity index (χ2n) is 3.47. The fourth-order valence-corrected chi connectivity index (χ4v) is 3.36. The molecule has 3 aliphatic rings. The van der Waals surface area contributed by atoms with Crippen LogP contribution < -0.4 is 0 Å². The molecule has 0 radical (unpaired) electrons. The molecule has 2 bridgehead atoms. The highest BCUT2D eigenvalue weighted by Crippen LogP contribution is 2.42. The van der Waals surface area contributed by atoms with Crippen molar-refractivity contribution in [2.45, 2.75) is 30.3 Å². The van der Waals surface area contributed by atoms with Gasteiger partial charge in [-0.25, -0.2) is 0 Å². The number of carbonyl (C=O) groups is 1. The van der Waals surface area contributed by atoms with Gasteiger partial charge in [-0.1, -0.05) is 12.2 Å². The van der Waals surface area contributed by atoms with Gasteiger partial charge in [-0.2, -0.15) is 0 Å². The second kappa shape index (κ2) is 3.74. The number of esters is 1. The number of hydrogen-bond acceptors (Lipinski definition) is 3. The normalized spacial score (nSPS) is 36.2. The van der Waals surface area contributed by atoms with Gasteiger partial charge in [0, 0.05) is 5.25 Å². The molecular weight excluding hydrogens is 184 g/mol. The summed E-state index contributed by atoms with van der Waals surface area (Å²) in [7, 11) is 0. The van der Waals surface area contributed by atoms with Crippen molar-refractivity contribution >= 4 is 17.7 Å². The number of hydrogen-bond donors (Lipinski definition) is 0. The van der Waals surface area contributed by atoms with Crippen molar-refractivity contribution in [1.29, 1.82) is 0 Å². The molecule has 0 N–H and O–H groups in total. The van der Waals surface area contributed by atoms with E-state index in [0.29, 0.717) is 17.8 Å². The largest absolute Gasteiger partial charge is 0.465 e. The SMILES string of the molecule is CCOC(=O)C1SC2C=CC1CC2. The monoisotopic (exact) mass is 198 g/mol. The highest BCUT2D eigenvalue weighted by Gasteiger charge is 2.37. The summed E-state index contributed by atoms with van der Waals surface area (Å²) in [5, 5.41) is 0.628. The van der Waals surface area contributed by atoms with Gasteiger partial charge in [0.25, 0.3) is 0 Å². The molecule has 1 aliphatic carbocycles. The minimum absolute atomic E-state index is 0.0217. The van der Waals surface area contributed by atoms with Crippen LogP contribution in [-0.4, -0.2) is 23.1 Å². The van der Waals surface area contributed by atoms with Gasteiger partial charge < -0.3 is 4.74 Å². The van der Waals surface area contributed by atoms with Gasteiger partial charge in [-0.3, -0.25) is 4.79 Å². The number of fused-ring (bicyclic) bond motifs is 2. The van der Waals surface area contributed by atoms with Crippen LogP contribution in [0.4, 0.5) is 0 Å². The zero-order valence-electron chi connectivity index (χ0n) is 7.73. The van der Waals surface area contributed by atoms with Gasteiger partial charge in [0.15, 0.2) is 0 Å². The maximum Gasteiger partial charge on any atom is 0.319 e. The number of carbonyl (C=O) groups excluding carboxylic acids is 1. The topological polar surface area (TPSA) is 26.3 Å². The smallest absolute Gasteiger partial charge is 0.319 e. The van der Waals surface area contributed by atoms with Gasteiger partial charge in [-0.15, -0.1) is 11.8 Å². The lowest BCUT2D eigenvalue weighted by Gasteiger charge is -2.35. The molecule has 2 heterocycles. The molecule has 1 saturated heterocycles. The van der Waals surface area contributed by atoms with E-state index in [1.54, 1.807) is 11.8 Å². The molecular formula is C10H14O2S. The molecule has 0 saturated carbocycles. The van der Waals surface area contributed by atoms with E-state index in [0.717, 1.165) is 6.42 Å². The van der Waals surface area contributed by atoms with Crippen molar-refractivity contribution in [2.75, 3.05) is 6.61 Å². The molecule has 13 heavy (non-hydrogen) atoms. The van der Waals surface area contributed by atoms with Crippen LogP contribution in [0.25, 0.3) is 0 Å². The second-order valence-corrected chi connectivity index (χ2v) is 4.86. The maximum atomic E-state index is 11.5. The Balaban J connectivity index is 2.02. The average Bonchev–Trinajstić information content (AvgIpc) is 2.20. The minimum atomic E-state index is -0.0217. The van der Waals surface area contributed by atoms with Crippen LogP contribution in [0.5, 0.6) is 0 Å². The van der Waals surface area contributed by atoms with Crippen molar-refractivity contribution in [2.24, 2.45) is 5.92 Å². The quantitative estimate of drug-likeness (QED) is 0.501. The highest BCUT2D eigenvalue weighted by molar-refractivity contribution is 8.01. The molecule has 0 aromatic heterocycles. The Labute approximate surface area is 82.7 Å². The minimum Gasteiger partial charge on any atom is -0.465 e. The van der Waals surface area contributed by atoms with Crippen LogP contribution in [0.1, 0.15) is 19.8 Å². The molecule has 3 rings (SSSR count). The van der Waals surface area contributed by atoms with E-state index in [-0.39, 0.29) is 11.2 Å². The van der Waals surface area contributed by atoms with Crippen LogP contribution >= 0.6 is 11.8 Å². The summed E-state index contributed by atoms with van der Waals surface area (Å²) in [5.74, 6) is 0.403. The number of ether oxygens (including phenoxy) is 1. The third-order valence-electron chi connectivity index (χ3n) is 2.59. The number of rotatable bonds is 2. The molecule has 0 amide bonds. The van der Waals surface area contributed by atoms with Crippen LogP contribution in [0.2, 0.25) is 0 Å². The van der Waals surface area contributed by atoms with Crippen molar-refractivity contribution in [3.8, 4) is 0 Å². The molecule has 0 aromatic rings. The van der Waals surface area contributed by atoms with Crippen molar-refractivity contribution in [3.05, 3.63) is 12.2 Å². The Kier molecular flexibility index (Phi) is 2.63. The molecule has 3 atom stereocenters. The lowest BCUT2D eigenvalue weighted by Crippen LogP contribution is -2.36. The van der Waals surface area contributed by atoms with Gasteiger partial charge >= 0.3 is 5.97 Å². The third-order valence-corrected chi connectivity index (χ3v) is 4.16. The van der Waals surface area contributed by atoms with E-state index in [4.69, 9.17) is 4.74 Å². The first-order valence-corrected chi connectivity index (χ1v) is 5.76. The lowest BCUT2D eigenvalue weighted by atomic mass is 9.91. The summed E-state index contributed by atoms with van der Waals surface area (Å²) in [6.45, 7) is 2.36. The van der Waals surface area contributed by atoms with E-state index in [1.165, 1.54) is 6.42 Å². The van der Waals surface area contributed by atoms with Crippen LogP contribution in [0.15, 0.2) is 12.2 Å². The molecule has 3 unspecified atom stereocenters. The van der Waals surface area contributed by atoms with E-state index in [1.807, 2.05) is 6.92 Å². The van der Waals surface area contributed by atoms with Gasteiger partial charge in [0.05, 0.1) is 6.61 Å².